The quantitative estimate of drug-likeness (QED) is 0.320. The number of carbonyl (C=O) groups is 2. The lowest BCUT2D eigenvalue weighted by Crippen LogP contribution is -2.47. The SMILES string of the molecule is CCCCNS(=O)(=O)c1cccc2c(NC(=O)C(NC(=O)OCc3ccccc3)C(C)C)cccc12. The van der Waals surface area contributed by atoms with Crippen LogP contribution in [0.5, 0.6) is 0 Å². The Morgan fingerprint density at radius 2 is 1.61 bits per heavy atom. The molecule has 0 heterocycles. The van der Waals surface area contributed by atoms with E-state index in [-0.39, 0.29) is 17.4 Å². The third kappa shape index (κ3) is 7.05. The average Bonchev–Trinajstić information content (AvgIpc) is 2.86. The molecule has 3 aromatic carbocycles. The summed E-state index contributed by atoms with van der Waals surface area (Å²) in [5, 5.41) is 6.57. The van der Waals surface area contributed by atoms with Gasteiger partial charge in [0.1, 0.15) is 12.6 Å². The highest BCUT2D eigenvalue weighted by atomic mass is 32.2. The van der Waals surface area contributed by atoms with Crippen LogP contribution in [0.15, 0.2) is 71.6 Å². The number of sulfonamides is 1. The highest BCUT2D eigenvalue weighted by Gasteiger charge is 2.26. The van der Waals surface area contributed by atoms with Gasteiger partial charge in [0, 0.05) is 23.0 Å². The molecule has 1 atom stereocenters. The number of amides is 2. The smallest absolute Gasteiger partial charge is 0.408 e. The molecule has 2 amide bonds. The van der Waals surface area contributed by atoms with Crippen molar-refractivity contribution >= 4 is 38.5 Å². The molecular weight excluding hydrogens is 478 g/mol. The number of nitrogens with one attached hydrogen (secondary N) is 3. The first-order chi connectivity index (χ1) is 17.2. The molecule has 0 saturated heterocycles. The fourth-order valence-electron chi connectivity index (χ4n) is 3.72. The van der Waals surface area contributed by atoms with Crippen molar-refractivity contribution in [2.45, 2.75) is 51.2 Å². The molecule has 36 heavy (non-hydrogen) atoms. The summed E-state index contributed by atoms with van der Waals surface area (Å²) in [5.41, 5.74) is 1.29. The van der Waals surface area contributed by atoms with E-state index in [1.54, 1.807) is 36.4 Å². The average molecular weight is 512 g/mol. The van der Waals surface area contributed by atoms with Gasteiger partial charge in [0.25, 0.3) is 0 Å². The molecule has 0 bridgehead atoms. The molecule has 9 heteroatoms. The second-order valence-electron chi connectivity index (χ2n) is 8.83. The standard InChI is InChI=1S/C27H33N3O5S/c1-4-5-17-28-36(33,34)24-16-10-13-21-22(24)14-9-15-23(21)29-26(31)25(19(2)3)30-27(32)35-18-20-11-7-6-8-12-20/h6-16,19,25,28H,4-5,17-18H2,1-3H3,(H,29,31)(H,30,32). The van der Waals surface area contributed by atoms with Gasteiger partial charge in [-0.25, -0.2) is 17.9 Å². The van der Waals surface area contributed by atoms with E-state index >= 15 is 0 Å². The monoisotopic (exact) mass is 511 g/mol. The Labute approximate surface area is 212 Å². The van der Waals surface area contributed by atoms with Crippen molar-refractivity contribution < 1.29 is 22.7 Å². The van der Waals surface area contributed by atoms with Gasteiger partial charge in [-0.2, -0.15) is 0 Å². The molecule has 0 saturated carbocycles. The lowest BCUT2D eigenvalue weighted by Gasteiger charge is -2.22. The largest absolute Gasteiger partial charge is 0.445 e. The maximum atomic E-state index is 13.2. The third-order valence-electron chi connectivity index (χ3n) is 5.69. The number of benzene rings is 3. The van der Waals surface area contributed by atoms with E-state index in [1.807, 2.05) is 51.1 Å². The van der Waals surface area contributed by atoms with Crippen molar-refractivity contribution in [1.29, 1.82) is 0 Å². The van der Waals surface area contributed by atoms with Gasteiger partial charge in [-0.05, 0) is 30.0 Å². The van der Waals surface area contributed by atoms with Gasteiger partial charge in [0.05, 0.1) is 4.90 Å². The number of alkyl carbamates (subject to hydrolysis) is 1. The minimum atomic E-state index is -3.72. The van der Waals surface area contributed by atoms with Gasteiger partial charge in [-0.15, -0.1) is 0 Å². The summed E-state index contributed by atoms with van der Waals surface area (Å²) in [6.45, 7) is 6.07. The fraction of sp³-hybridized carbons (Fsp3) is 0.333. The molecule has 0 aliphatic heterocycles. The summed E-state index contributed by atoms with van der Waals surface area (Å²) in [7, 11) is -3.72. The zero-order valence-corrected chi connectivity index (χ0v) is 21.6. The Bertz CT molecular complexity index is 1290. The number of fused-ring (bicyclic) bond motifs is 1. The van der Waals surface area contributed by atoms with Crippen LogP contribution in [0.4, 0.5) is 10.5 Å². The van der Waals surface area contributed by atoms with Crippen LogP contribution in [0.3, 0.4) is 0 Å². The summed E-state index contributed by atoms with van der Waals surface area (Å²) >= 11 is 0. The molecule has 0 aromatic heterocycles. The zero-order valence-electron chi connectivity index (χ0n) is 20.8. The predicted molar refractivity (Wildman–Crippen MR) is 141 cm³/mol. The van der Waals surface area contributed by atoms with Crippen LogP contribution in [0.2, 0.25) is 0 Å². The third-order valence-corrected chi connectivity index (χ3v) is 7.21. The molecule has 0 spiro atoms. The Morgan fingerprint density at radius 1 is 0.917 bits per heavy atom. The molecule has 8 nitrogen and oxygen atoms in total. The van der Waals surface area contributed by atoms with Crippen molar-refractivity contribution in [3.8, 4) is 0 Å². The maximum Gasteiger partial charge on any atom is 0.408 e. The molecular formula is C27H33N3O5S. The van der Waals surface area contributed by atoms with Crippen molar-refractivity contribution in [1.82, 2.24) is 10.0 Å². The van der Waals surface area contributed by atoms with Crippen molar-refractivity contribution in [3.63, 3.8) is 0 Å². The second-order valence-corrected chi connectivity index (χ2v) is 10.6. The van der Waals surface area contributed by atoms with Gasteiger partial charge in [0.15, 0.2) is 0 Å². The number of unbranched alkanes of at least 4 members (excludes halogenated alkanes) is 1. The van der Waals surface area contributed by atoms with Gasteiger partial charge >= 0.3 is 6.09 Å². The van der Waals surface area contributed by atoms with Crippen LogP contribution >= 0.6 is 0 Å². The number of hydrogen-bond acceptors (Lipinski definition) is 5. The van der Waals surface area contributed by atoms with E-state index in [9.17, 15) is 18.0 Å². The van der Waals surface area contributed by atoms with Crippen LogP contribution < -0.4 is 15.4 Å². The van der Waals surface area contributed by atoms with E-state index in [0.717, 1.165) is 18.4 Å². The normalized spacial score (nSPS) is 12.3. The van der Waals surface area contributed by atoms with Crippen molar-refractivity contribution in [2.75, 3.05) is 11.9 Å². The van der Waals surface area contributed by atoms with Crippen LogP contribution in [-0.4, -0.2) is 33.0 Å². The molecule has 1 unspecified atom stereocenters. The summed E-state index contributed by atoms with van der Waals surface area (Å²) < 4.78 is 33.7. The second kappa shape index (κ2) is 12.5. The molecule has 3 aromatic rings. The highest BCUT2D eigenvalue weighted by Crippen LogP contribution is 2.29. The molecule has 0 radical (unpaired) electrons. The fourth-order valence-corrected chi connectivity index (χ4v) is 5.02. The Balaban J connectivity index is 1.77. The van der Waals surface area contributed by atoms with Crippen LogP contribution in [0.1, 0.15) is 39.2 Å². The van der Waals surface area contributed by atoms with Gasteiger partial charge in [0.2, 0.25) is 15.9 Å². The Hall–Kier alpha value is -3.43. The number of rotatable bonds is 11. The molecule has 0 aliphatic rings. The van der Waals surface area contributed by atoms with Crippen LogP contribution in [0.25, 0.3) is 10.8 Å². The van der Waals surface area contributed by atoms with Crippen LogP contribution in [-0.2, 0) is 26.2 Å². The van der Waals surface area contributed by atoms with Gasteiger partial charge in [-0.1, -0.05) is 81.8 Å². The van der Waals surface area contributed by atoms with Crippen molar-refractivity contribution in [2.24, 2.45) is 5.92 Å². The summed E-state index contributed by atoms with van der Waals surface area (Å²) in [5.74, 6) is -0.647. The van der Waals surface area contributed by atoms with Crippen molar-refractivity contribution in [3.05, 3.63) is 72.3 Å². The number of hydrogen-bond donors (Lipinski definition) is 3. The molecule has 0 fully saturated rings. The lowest BCUT2D eigenvalue weighted by atomic mass is 10.0. The van der Waals surface area contributed by atoms with E-state index in [4.69, 9.17) is 4.74 Å². The number of carbonyl (C=O) groups excluding carboxylic acids is 2. The van der Waals surface area contributed by atoms with Gasteiger partial charge in [-0.3, -0.25) is 4.79 Å². The van der Waals surface area contributed by atoms with E-state index < -0.39 is 28.1 Å². The maximum absolute atomic E-state index is 13.2. The highest BCUT2D eigenvalue weighted by molar-refractivity contribution is 7.89. The molecule has 0 aliphatic carbocycles. The Kier molecular flexibility index (Phi) is 9.44. The van der Waals surface area contributed by atoms with E-state index in [0.29, 0.717) is 23.0 Å². The first kappa shape index (κ1) is 27.2. The Morgan fingerprint density at radius 3 is 2.31 bits per heavy atom. The van der Waals surface area contributed by atoms with Crippen LogP contribution in [0, 0.1) is 5.92 Å². The molecule has 192 valence electrons. The first-order valence-electron chi connectivity index (χ1n) is 12.0. The lowest BCUT2D eigenvalue weighted by molar-refractivity contribution is -0.119. The summed E-state index contributed by atoms with van der Waals surface area (Å²) in [6, 6.07) is 18.4. The molecule has 3 N–H and O–H groups in total. The summed E-state index contributed by atoms with van der Waals surface area (Å²) in [6.07, 6.45) is 0.916. The number of anilines is 1. The summed E-state index contributed by atoms with van der Waals surface area (Å²) in [4.78, 5) is 25.7. The van der Waals surface area contributed by atoms with Gasteiger partial charge < -0.3 is 15.4 Å². The zero-order chi connectivity index (χ0) is 26.1. The van der Waals surface area contributed by atoms with E-state index in [1.165, 1.54) is 0 Å². The minimum Gasteiger partial charge on any atom is -0.445 e. The molecule has 3 rings (SSSR count). The minimum absolute atomic E-state index is 0.0893. The number of ether oxygens (including phenoxy) is 1. The predicted octanol–water partition coefficient (Wildman–Crippen LogP) is 4.81. The topological polar surface area (TPSA) is 114 Å². The van der Waals surface area contributed by atoms with E-state index in [2.05, 4.69) is 15.4 Å². The first-order valence-corrected chi connectivity index (χ1v) is 13.5.